The van der Waals surface area contributed by atoms with Crippen LogP contribution in [0.4, 0.5) is 5.69 Å². The van der Waals surface area contributed by atoms with Gasteiger partial charge in [0, 0.05) is 31.9 Å². The molecule has 0 bridgehead atoms. The van der Waals surface area contributed by atoms with E-state index in [1.54, 1.807) is 18.2 Å². The van der Waals surface area contributed by atoms with Crippen LogP contribution in [0.5, 0.6) is 0 Å². The minimum atomic E-state index is -3.28. The molecule has 6 nitrogen and oxygen atoms in total. The van der Waals surface area contributed by atoms with Gasteiger partial charge in [-0.3, -0.25) is 9.10 Å². The number of hydrogen-bond acceptors (Lipinski definition) is 4. The quantitative estimate of drug-likeness (QED) is 0.761. The third-order valence-corrected chi connectivity index (χ3v) is 5.90. The zero-order valence-electron chi connectivity index (χ0n) is 14.4. The molecular weight excluding hydrogens is 328 g/mol. The van der Waals surface area contributed by atoms with Crippen LogP contribution in [-0.2, 0) is 14.8 Å². The van der Waals surface area contributed by atoms with E-state index in [1.165, 1.54) is 4.31 Å². The van der Waals surface area contributed by atoms with E-state index in [4.69, 9.17) is 4.74 Å². The van der Waals surface area contributed by atoms with Crippen LogP contribution in [0, 0.1) is 6.92 Å². The van der Waals surface area contributed by atoms with E-state index in [-0.39, 0.29) is 11.7 Å². The van der Waals surface area contributed by atoms with Crippen LogP contribution in [-0.4, -0.2) is 46.4 Å². The Bertz CT molecular complexity index is 673. The molecule has 2 rings (SSSR count). The maximum Gasteiger partial charge on any atom is 0.251 e. The van der Waals surface area contributed by atoms with E-state index < -0.39 is 10.0 Å². The number of amides is 1. The molecule has 1 aliphatic rings. The maximum absolute atomic E-state index is 12.3. The molecule has 0 unspecified atom stereocenters. The van der Waals surface area contributed by atoms with Gasteiger partial charge in [-0.25, -0.2) is 8.42 Å². The van der Waals surface area contributed by atoms with Gasteiger partial charge in [-0.05, 0) is 50.8 Å². The van der Waals surface area contributed by atoms with Gasteiger partial charge in [0.2, 0.25) is 10.0 Å². The maximum atomic E-state index is 12.3. The van der Waals surface area contributed by atoms with Crippen LogP contribution >= 0.6 is 0 Å². The number of ether oxygens (including phenoxy) is 1. The Morgan fingerprint density at radius 1 is 1.33 bits per heavy atom. The van der Waals surface area contributed by atoms with Gasteiger partial charge in [0.1, 0.15) is 0 Å². The molecule has 1 amide bonds. The summed E-state index contributed by atoms with van der Waals surface area (Å²) in [6.07, 6.45) is 2.28. The molecule has 134 valence electrons. The largest absolute Gasteiger partial charge is 0.382 e. The first-order valence-corrected chi connectivity index (χ1v) is 10.0. The molecule has 0 aliphatic carbocycles. The zero-order chi connectivity index (χ0) is 17.6. The summed E-state index contributed by atoms with van der Waals surface area (Å²) in [6.45, 7) is 6.08. The van der Waals surface area contributed by atoms with E-state index in [9.17, 15) is 13.2 Å². The van der Waals surface area contributed by atoms with Crippen LogP contribution in [0.3, 0.4) is 0 Å². The van der Waals surface area contributed by atoms with Crippen LogP contribution in [0.15, 0.2) is 18.2 Å². The Labute approximate surface area is 144 Å². The van der Waals surface area contributed by atoms with E-state index in [0.29, 0.717) is 44.0 Å². The summed E-state index contributed by atoms with van der Waals surface area (Å²) in [6, 6.07) is 5.21. The number of anilines is 1. The van der Waals surface area contributed by atoms with E-state index >= 15 is 0 Å². The molecule has 0 aromatic heterocycles. The van der Waals surface area contributed by atoms with Gasteiger partial charge in [-0.2, -0.15) is 0 Å². The molecule has 1 aromatic rings. The number of benzene rings is 1. The van der Waals surface area contributed by atoms with Crippen molar-refractivity contribution in [2.75, 3.05) is 36.4 Å². The SMILES string of the molecule is CCOCCCNC(=O)c1ccc(C)c(N2CCCCS2(=O)=O)c1. The van der Waals surface area contributed by atoms with Crippen molar-refractivity contribution in [2.45, 2.75) is 33.1 Å². The fourth-order valence-electron chi connectivity index (χ4n) is 2.70. The number of carbonyl (C=O) groups excluding carboxylic acids is 1. The smallest absolute Gasteiger partial charge is 0.251 e. The second-order valence-corrected chi connectivity index (χ2v) is 7.92. The number of nitrogens with one attached hydrogen (secondary N) is 1. The molecule has 24 heavy (non-hydrogen) atoms. The van der Waals surface area contributed by atoms with Gasteiger partial charge in [0.05, 0.1) is 11.4 Å². The summed E-state index contributed by atoms with van der Waals surface area (Å²) in [7, 11) is -3.28. The van der Waals surface area contributed by atoms with Crippen molar-refractivity contribution >= 4 is 21.6 Å². The highest BCUT2D eigenvalue weighted by atomic mass is 32.2. The van der Waals surface area contributed by atoms with Gasteiger partial charge in [-0.1, -0.05) is 6.07 Å². The Hall–Kier alpha value is -1.60. The number of carbonyl (C=O) groups is 1. The number of rotatable bonds is 7. The van der Waals surface area contributed by atoms with Crippen molar-refractivity contribution in [1.29, 1.82) is 0 Å². The minimum absolute atomic E-state index is 0.167. The predicted molar refractivity (Wildman–Crippen MR) is 95.0 cm³/mol. The Morgan fingerprint density at radius 2 is 2.12 bits per heavy atom. The monoisotopic (exact) mass is 354 g/mol. The molecule has 1 aliphatic heterocycles. The molecule has 7 heteroatoms. The molecule has 1 heterocycles. The summed E-state index contributed by atoms with van der Waals surface area (Å²) in [5, 5.41) is 2.84. The lowest BCUT2D eigenvalue weighted by molar-refractivity contribution is 0.0944. The standard InChI is InChI=1S/C17H26N2O4S/c1-3-23-11-6-9-18-17(20)15-8-7-14(2)16(13-15)19-10-4-5-12-24(19,21)22/h7-8,13H,3-6,9-12H2,1-2H3,(H,18,20). The lowest BCUT2D eigenvalue weighted by Gasteiger charge is -2.29. The van der Waals surface area contributed by atoms with Crippen LogP contribution in [0.25, 0.3) is 0 Å². The van der Waals surface area contributed by atoms with E-state index in [2.05, 4.69) is 5.32 Å². The van der Waals surface area contributed by atoms with Crippen molar-refractivity contribution in [3.63, 3.8) is 0 Å². The molecule has 1 aromatic carbocycles. The normalized spacial score (nSPS) is 16.8. The average molecular weight is 354 g/mol. The van der Waals surface area contributed by atoms with Crippen LogP contribution in [0.1, 0.15) is 42.1 Å². The van der Waals surface area contributed by atoms with Crippen molar-refractivity contribution in [2.24, 2.45) is 0 Å². The number of aryl methyl sites for hydroxylation is 1. The fraction of sp³-hybridized carbons (Fsp3) is 0.588. The van der Waals surface area contributed by atoms with E-state index in [0.717, 1.165) is 18.4 Å². The number of nitrogens with zero attached hydrogens (tertiary/aromatic N) is 1. The second kappa shape index (κ2) is 8.48. The molecule has 0 saturated carbocycles. The van der Waals surface area contributed by atoms with Crippen molar-refractivity contribution in [3.8, 4) is 0 Å². The first kappa shape index (κ1) is 18.7. The van der Waals surface area contributed by atoms with Crippen molar-refractivity contribution in [3.05, 3.63) is 29.3 Å². The third-order valence-electron chi connectivity index (χ3n) is 4.04. The summed E-state index contributed by atoms with van der Waals surface area (Å²) >= 11 is 0. The summed E-state index contributed by atoms with van der Waals surface area (Å²) in [4.78, 5) is 12.3. The Morgan fingerprint density at radius 3 is 2.83 bits per heavy atom. The predicted octanol–water partition coefficient (Wildman–Crippen LogP) is 2.08. The average Bonchev–Trinajstić information content (AvgIpc) is 2.55. The first-order valence-electron chi connectivity index (χ1n) is 8.42. The third kappa shape index (κ3) is 4.70. The molecule has 0 radical (unpaired) electrons. The number of sulfonamides is 1. The molecule has 1 N–H and O–H groups in total. The van der Waals surface area contributed by atoms with Gasteiger partial charge in [-0.15, -0.1) is 0 Å². The molecule has 0 atom stereocenters. The Balaban J connectivity index is 2.09. The van der Waals surface area contributed by atoms with Crippen LogP contribution < -0.4 is 9.62 Å². The fourth-order valence-corrected chi connectivity index (χ4v) is 4.39. The van der Waals surface area contributed by atoms with Crippen LogP contribution in [0.2, 0.25) is 0 Å². The summed E-state index contributed by atoms with van der Waals surface area (Å²) < 4.78 is 31.3. The second-order valence-electron chi connectivity index (χ2n) is 5.90. The first-order chi connectivity index (χ1) is 11.5. The van der Waals surface area contributed by atoms with Gasteiger partial charge >= 0.3 is 0 Å². The number of hydrogen-bond donors (Lipinski definition) is 1. The molecular formula is C17H26N2O4S. The van der Waals surface area contributed by atoms with Gasteiger partial charge in [0.25, 0.3) is 5.91 Å². The molecule has 1 fully saturated rings. The van der Waals surface area contributed by atoms with Crippen molar-refractivity contribution in [1.82, 2.24) is 5.32 Å². The van der Waals surface area contributed by atoms with Crippen molar-refractivity contribution < 1.29 is 17.9 Å². The highest BCUT2D eigenvalue weighted by molar-refractivity contribution is 7.92. The Kier molecular flexibility index (Phi) is 6.62. The van der Waals surface area contributed by atoms with Gasteiger partial charge in [0.15, 0.2) is 0 Å². The highest BCUT2D eigenvalue weighted by Crippen LogP contribution is 2.27. The lowest BCUT2D eigenvalue weighted by atomic mass is 10.1. The summed E-state index contributed by atoms with van der Waals surface area (Å²) in [5.41, 5.74) is 1.94. The topological polar surface area (TPSA) is 75.7 Å². The van der Waals surface area contributed by atoms with Gasteiger partial charge < -0.3 is 10.1 Å². The summed E-state index contributed by atoms with van der Waals surface area (Å²) in [5.74, 6) is -0.0255. The molecule has 1 saturated heterocycles. The van der Waals surface area contributed by atoms with E-state index in [1.807, 2.05) is 13.8 Å². The zero-order valence-corrected chi connectivity index (χ0v) is 15.2. The molecule has 0 spiro atoms. The minimum Gasteiger partial charge on any atom is -0.382 e. The lowest BCUT2D eigenvalue weighted by Crippen LogP contribution is -2.38. The highest BCUT2D eigenvalue weighted by Gasteiger charge is 2.27.